The van der Waals surface area contributed by atoms with E-state index in [0.29, 0.717) is 0 Å². The normalized spacial score (nSPS) is 24.4. The van der Waals surface area contributed by atoms with Crippen LogP contribution < -0.4 is 0 Å². The lowest BCUT2D eigenvalue weighted by atomic mass is 9.58. The maximum Gasteiger partial charge on any atom is 0.00385 e. The van der Waals surface area contributed by atoms with Gasteiger partial charge in [-0.2, -0.15) is 0 Å². The van der Waals surface area contributed by atoms with E-state index in [1.165, 1.54) is 51.6 Å². The summed E-state index contributed by atoms with van der Waals surface area (Å²) in [7, 11) is 0. The summed E-state index contributed by atoms with van der Waals surface area (Å²) in [6, 6.07) is 0.759. The maximum atomic E-state index is 2.63. The van der Waals surface area contributed by atoms with Crippen LogP contribution in [-0.4, -0.2) is 24.0 Å². The second-order valence-corrected chi connectivity index (χ2v) is 6.64. The van der Waals surface area contributed by atoms with Crippen molar-refractivity contribution in [3.63, 3.8) is 0 Å². The molecule has 0 aromatic carbocycles. The summed E-state index contributed by atoms with van der Waals surface area (Å²) in [5.74, 6) is 1.02. The third-order valence-corrected chi connectivity index (χ3v) is 4.65. The molecule has 1 nitrogen and oxygen atoms in total. The monoisotopic (exact) mass is 239 g/mol. The molecule has 0 atom stereocenters. The predicted octanol–water partition coefficient (Wildman–Crippen LogP) is 4.71. The lowest BCUT2D eigenvalue weighted by Crippen LogP contribution is -2.48. The highest BCUT2D eigenvalue weighted by Gasteiger charge is 2.43. The van der Waals surface area contributed by atoms with Crippen LogP contribution >= 0.6 is 0 Å². The van der Waals surface area contributed by atoms with Gasteiger partial charge in [-0.05, 0) is 64.0 Å². The van der Waals surface area contributed by atoms with E-state index in [0.717, 1.165) is 17.4 Å². The zero-order valence-electron chi connectivity index (χ0n) is 12.8. The molecule has 0 radical (unpaired) electrons. The van der Waals surface area contributed by atoms with Gasteiger partial charge in [-0.15, -0.1) is 0 Å². The minimum absolute atomic E-state index is 0.759. The van der Waals surface area contributed by atoms with E-state index in [-0.39, 0.29) is 0 Å². The Balaban J connectivity index is 0.000000317. The molecule has 1 heterocycles. The first-order chi connectivity index (χ1) is 8.03. The molecular weight excluding hydrogens is 206 g/mol. The molecule has 1 spiro atoms. The Hall–Kier alpha value is -0.0400. The summed E-state index contributed by atoms with van der Waals surface area (Å²) in [5, 5.41) is 0. The van der Waals surface area contributed by atoms with Gasteiger partial charge < -0.3 is 4.90 Å². The van der Waals surface area contributed by atoms with E-state index < -0.39 is 0 Å². The summed E-state index contributed by atoms with van der Waals surface area (Å²) in [4.78, 5) is 2.63. The zero-order chi connectivity index (χ0) is 12.9. The summed E-state index contributed by atoms with van der Waals surface area (Å²) < 4.78 is 0. The number of hydrogen-bond donors (Lipinski definition) is 0. The van der Waals surface area contributed by atoms with E-state index in [1.54, 1.807) is 0 Å². The fourth-order valence-corrected chi connectivity index (χ4v) is 3.34. The number of rotatable bonds is 2. The lowest BCUT2D eigenvalue weighted by Gasteiger charge is -2.52. The molecule has 0 aromatic heterocycles. The predicted molar refractivity (Wildman–Crippen MR) is 77.4 cm³/mol. The Morgan fingerprint density at radius 3 is 1.82 bits per heavy atom. The van der Waals surface area contributed by atoms with E-state index in [9.17, 15) is 0 Å². The van der Waals surface area contributed by atoms with E-state index in [1.807, 2.05) is 0 Å². The molecule has 17 heavy (non-hydrogen) atoms. The van der Waals surface area contributed by atoms with Crippen LogP contribution in [0.25, 0.3) is 0 Å². The topological polar surface area (TPSA) is 3.24 Å². The number of hydrogen-bond acceptors (Lipinski definition) is 1. The number of likely N-dealkylation sites (tertiary alicyclic amines) is 1. The van der Waals surface area contributed by atoms with Gasteiger partial charge in [0.15, 0.2) is 0 Å². The Morgan fingerprint density at radius 1 is 1.06 bits per heavy atom. The first-order valence-corrected chi connectivity index (χ1v) is 7.77. The molecule has 0 unspecified atom stereocenters. The van der Waals surface area contributed by atoms with Gasteiger partial charge >= 0.3 is 0 Å². The van der Waals surface area contributed by atoms with Gasteiger partial charge in [-0.1, -0.05) is 33.6 Å². The quantitative estimate of drug-likeness (QED) is 0.674. The summed E-state index contributed by atoms with van der Waals surface area (Å²) in [6.07, 6.45) is 8.60. The Bertz CT molecular complexity index is 192. The van der Waals surface area contributed by atoms with E-state index >= 15 is 0 Å². The SMILES string of the molecule is CC1CC2(CCN(C(C)C)CC2)C1.CCCC. The maximum absolute atomic E-state index is 2.63. The van der Waals surface area contributed by atoms with E-state index in [2.05, 4.69) is 39.5 Å². The summed E-state index contributed by atoms with van der Waals surface area (Å²) in [5.41, 5.74) is 0.796. The number of piperidine rings is 1. The molecule has 2 fully saturated rings. The largest absolute Gasteiger partial charge is 0.301 e. The fourth-order valence-electron chi connectivity index (χ4n) is 3.34. The highest BCUT2D eigenvalue weighted by Crippen LogP contribution is 2.52. The number of unbranched alkanes of at least 4 members (excludes halogenated alkanes) is 1. The second-order valence-electron chi connectivity index (χ2n) is 6.64. The highest BCUT2D eigenvalue weighted by atomic mass is 15.2. The van der Waals surface area contributed by atoms with Crippen LogP contribution in [0, 0.1) is 11.3 Å². The third kappa shape index (κ3) is 4.28. The van der Waals surface area contributed by atoms with Crippen molar-refractivity contribution in [3.8, 4) is 0 Å². The van der Waals surface area contributed by atoms with Gasteiger partial charge in [0.2, 0.25) is 0 Å². The Morgan fingerprint density at radius 2 is 1.53 bits per heavy atom. The number of nitrogens with zero attached hydrogens (tertiary/aromatic N) is 1. The molecule has 1 aliphatic heterocycles. The molecule has 1 saturated carbocycles. The zero-order valence-corrected chi connectivity index (χ0v) is 12.8. The smallest absolute Gasteiger partial charge is 0.00385 e. The molecule has 0 bridgehead atoms. The van der Waals surface area contributed by atoms with Crippen LogP contribution in [-0.2, 0) is 0 Å². The summed E-state index contributed by atoms with van der Waals surface area (Å²) >= 11 is 0. The third-order valence-electron chi connectivity index (χ3n) is 4.65. The van der Waals surface area contributed by atoms with Crippen molar-refractivity contribution < 1.29 is 0 Å². The minimum atomic E-state index is 0.759. The van der Waals surface area contributed by atoms with Gasteiger partial charge in [-0.25, -0.2) is 0 Å². The van der Waals surface area contributed by atoms with Crippen molar-refractivity contribution in [1.82, 2.24) is 4.90 Å². The van der Waals surface area contributed by atoms with Crippen molar-refractivity contribution in [2.75, 3.05) is 13.1 Å². The van der Waals surface area contributed by atoms with Crippen molar-refractivity contribution in [2.24, 2.45) is 11.3 Å². The lowest BCUT2D eigenvalue weighted by molar-refractivity contribution is -0.0137. The van der Waals surface area contributed by atoms with Crippen molar-refractivity contribution in [2.45, 2.75) is 79.2 Å². The first kappa shape index (κ1) is 15.0. The highest BCUT2D eigenvalue weighted by molar-refractivity contribution is 4.95. The van der Waals surface area contributed by atoms with Crippen LogP contribution in [0.3, 0.4) is 0 Å². The average Bonchev–Trinajstić information content (AvgIpc) is 2.28. The molecule has 1 heteroatoms. The van der Waals surface area contributed by atoms with Crippen LogP contribution in [0.5, 0.6) is 0 Å². The summed E-state index contributed by atoms with van der Waals surface area (Å²) in [6.45, 7) is 14.1. The molecule has 1 saturated heterocycles. The van der Waals surface area contributed by atoms with Gasteiger partial charge in [0.05, 0.1) is 0 Å². The molecule has 0 amide bonds. The van der Waals surface area contributed by atoms with Crippen molar-refractivity contribution >= 4 is 0 Å². The Labute approximate surface area is 109 Å². The molecule has 102 valence electrons. The van der Waals surface area contributed by atoms with Crippen molar-refractivity contribution in [3.05, 3.63) is 0 Å². The molecular formula is C16H33N. The van der Waals surface area contributed by atoms with Crippen LogP contribution in [0.4, 0.5) is 0 Å². The minimum Gasteiger partial charge on any atom is -0.301 e. The molecule has 0 N–H and O–H groups in total. The second kappa shape index (κ2) is 6.78. The van der Waals surface area contributed by atoms with Gasteiger partial charge in [0, 0.05) is 6.04 Å². The van der Waals surface area contributed by atoms with E-state index in [4.69, 9.17) is 0 Å². The average molecular weight is 239 g/mol. The fraction of sp³-hybridized carbons (Fsp3) is 1.00. The molecule has 2 rings (SSSR count). The Kier molecular flexibility index (Phi) is 5.99. The van der Waals surface area contributed by atoms with Gasteiger partial charge in [-0.3, -0.25) is 0 Å². The van der Waals surface area contributed by atoms with Gasteiger partial charge in [0.1, 0.15) is 0 Å². The first-order valence-electron chi connectivity index (χ1n) is 7.77. The van der Waals surface area contributed by atoms with Crippen LogP contribution in [0.2, 0.25) is 0 Å². The molecule has 1 aliphatic carbocycles. The molecule has 0 aromatic rings. The van der Waals surface area contributed by atoms with Crippen LogP contribution in [0.15, 0.2) is 0 Å². The van der Waals surface area contributed by atoms with Crippen LogP contribution in [0.1, 0.15) is 73.1 Å². The molecule has 2 aliphatic rings. The van der Waals surface area contributed by atoms with Gasteiger partial charge in [0.25, 0.3) is 0 Å². The standard InChI is InChI=1S/C12H23N.C4H10/c1-10(2)13-6-4-12(5-7-13)8-11(3)9-12;1-3-4-2/h10-11H,4-9H2,1-3H3;3-4H2,1-2H3. The van der Waals surface area contributed by atoms with Crippen molar-refractivity contribution in [1.29, 1.82) is 0 Å².